The minimum absolute atomic E-state index is 0.0396. The molecule has 0 aromatic heterocycles. The van der Waals surface area contributed by atoms with Gasteiger partial charge in [0.05, 0.1) is 6.10 Å². The molecule has 0 heterocycles. The monoisotopic (exact) mass is 370 g/mol. The Morgan fingerprint density at radius 2 is 1.88 bits per heavy atom. The van der Waals surface area contributed by atoms with Gasteiger partial charge < -0.3 is 9.53 Å². The number of halogens is 1. The molecule has 0 bridgehead atoms. The molecule has 0 aromatic carbocycles. The van der Waals surface area contributed by atoms with Crippen LogP contribution < -0.4 is 0 Å². The molecule has 1 N–H and O–H groups in total. The van der Waals surface area contributed by atoms with E-state index in [-0.39, 0.29) is 23.7 Å². The lowest BCUT2D eigenvalue weighted by molar-refractivity contribution is 0.110. The van der Waals surface area contributed by atoms with Gasteiger partial charge in [-0.05, 0) is 34.7 Å². The Labute approximate surface area is 121 Å². The van der Waals surface area contributed by atoms with Crippen LogP contribution in [0.5, 0.6) is 0 Å². The molecule has 0 aromatic rings. The first-order valence-corrected chi connectivity index (χ1v) is 10.3. The molecule has 2 atom stereocenters. The van der Waals surface area contributed by atoms with Crippen LogP contribution in [0.2, 0.25) is 18.1 Å². The van der Waals surface area contributed by atoms with Gasteiger partial charge >= 0.3 is 0 Å². The third-order valence-corrected chi connectivity index (χ3v) is 9.09. The maximum Gasteiger partial charge on any atom is 0.192 e. The zero-order chi connectivity index (χ0) is 13.9. The van der Waals surface area contributed by atoms with Crippen LogP contribution in [0.25, 0.3) is 0 Å². The topological polar surface area (TPSA) is 29.5 Å². The van der Waals surface area contributed by atoms with Gasteiger partial charge in [0.2, 0.25) is 0 Å². The highest BCUT2D eigenvalue weighted by atomic mass is 127. The zero-order valence-electron chi connectivity index (χ0n) is 12.2. The van der Waals surface area contributed by atoms with E-state index in [1.165, 1.54) is 5.57 Å². The summed E-state index contributed by atoms with van der Waals surface area (Å²) in [7, 11) is -1.78. The Morgan fingerprint density at radius 3 is 2.18 bits per heavy atom. The fourth-order valence-electron chi connectivity index (χ4n) is 1.31. The standard InChI is InChI=1S/C13H27IO2Si/c1-10(8-14)12(11(2)9-15)16-17(6,7)13(3,4)5/h8,11-12,15H,9H2,1-7H3/b10-8+/t11-,12+/m0/s1. The Bertz CT molecular complexity index is 269. The van der Waals surface area contributed by atoms with Gasteiger partial charge in [0, 0.05) is 12.5 Å². The smallest absolute Gasteiger partial charge is 0.192 e. The van der Waals surface area contributed by atoms with Gasteiger partial charge in [-0.3, -0.25) is 0 Å². The lowest BCUT2D eigenvalue weighted by Gasteiger charge is -2.41. The largest absolute Gasteiger partial charge is 0.410 e. The summed E-state index contributed by atoms with van der Waals surface area (Å²) in [6.45, 7) is 15.5. The van der Waals surface area contributed by atoms with Crippen LogP contribution in [0.4, 0.5) is 0 Å². The molecule has 102 valence electrons. The maximum atomic E-state index is 9.36. The molecular formula is C13H27IO2Si. The fourth-order valence-corrected chi connectivity index (χ4v) is 3.07. The molecule has 4 heteroatoms. The number of rotatable bonds is 5. The molecular weight excluding hydrogens is 343 g/mol. The average molecular weight is 370 g/mol. The molecule has 0 saturated carbocycles. The second kappa shape index (κ2) is 6.68. The summed E-state index contributed by atoms with van der Waals surface area (Å²) in [6.07, 6.45) is 0.0396. The lowest BCUT2D eigenvalue weighted by Crippen LogP contribution is -2.46. The van der Waals surface area contributed by atoms with Crippen molar-refractivity contribution >= 4 is 30.9 Å². The van der Waals surface area contributed by atoms with Gasteiger partial charge in [0.15, 0.2) is 8.32 Å². The quantitative estimate of drug-likeness (QED) is 0.576. The molecule has 0 aliphatic rings. The second-order valence-corrected chi connectivity index (χ2v) is 11.7. The van der Waals surface area contributed by atoms with Crippen LogP contribution in [0.1, 0.15) is 34.6 Å². The van der Waals surface area contributed by atoms with Crippen molar-refractivity contribution in [3.8, 4) is 0 Å². The van der Waals surface area contributed by atoms with E-state index < -0.39 is 8.32 Å². The van der Waals surface area contributed by atoms with Crippen molar-refractivity contribution in [1.29, 1.82) is 0 Å². The molecule has 0 unspecified atom stereocenters. The van der Waals surface area contributed by atoms with E-state index in [1.807, 2.05) is 6.92 Å². The highest BCUT2D eigenvalue weighted by Gasteiger charge is 2.40. The second-order valence-electron chi connectivity index (χ2n) is 6.31. The summed E-state index contributed by atoms with van der Waals surface area (Å²) in [5.41, 5.74) is 1.21. The van der Waals surface area contributed by atoms with Gasteiger partial charge in [-0.1, -0.05) is 50.3 Å². The molecule has 0 aliphatic heterocycles. The first kappa shape index (κ1) is 17.6. The Morgan fingerprint density at radius 1 is 1.41 bits per heavy atom. The minimum atomic E-state index is -1.78. The van der Waals surface area contributed by atoms with Crippen molar-refractivity contribution in [3.05, 3.63) is 9.66 Å². The van der Waals surface area contributed by atoms with E-state index in [4.69, 9.17) is 4.43 Å². The molecule has 0 fully saturated rings. The van der Waals surface area contributed by atoms with Crippen LogP contribution in [0, 0.1) is 5.92 Å². The van der Waals surface area contributed by atoms with Gasteiger partial charge in [-0.25, -0.2) is 0 Å². The van der Waals surface area contributed by atoms with E-state index in [2.05, 4.69) is 67.5 Å². The van der Waals surface area contributed by atoms with Crippen molar-refractivity contribution in [3.63, 3.8) is 0 Å². The van der Waals surface area contributed by atoms with Crippen molar-refractivity contribution in [2.75, 3.05) is 6.61 Å². The van der Waals surface area contributed by atoms with Crippen LogP contribution in [0.3, 0.4) is 0 Å². The number of aliphatic hydroxyl groups is 1. The summed E-state index contributed by atoms with van der Waals surface area (Å²) in [5.74, 6) is 0.148. The van der Waals surface area contributed by atoms with Gasteiger partial charge in [-0.15, -0.1) is 0 Å². The van der Waals surface area contributed by atoms with Crippen LogP contribution in [-0.4, -0.2) is 26.1 Å². The van der Waals surface area contributed by atoms with Gasteiger partial charge in [0.25, 0.3) is 0 Å². The summed E-state index contributed by atoms with van der Waals surface area (Å²) in [6, 6.07) is 0. The molecule has 0 rings (SSSR count). The zero-order valence-corrected chi connectivity index (χ0v) is 15.3. The molecule has 0 amide bonds. The van der Waals surface area contributed by atoms with Gasteiger partial charge in [0.1, 0.15) is 0 Å². The Balaban J connectivity index is 5.01. The molecule has 0 radical (unpaired) electrons. The van der Waals surface area contributed by atoms with Crippen LogP contribution in [0.15, 0.2) is 9.66 Å². The van der Waals surface area contributed by atoms with Gasteiger partial charge in [-0.2, -0.15) is 0 Å². The minimum Gasteiger partial charge on any atom is -0.410 e. The van der Waals surface area contributed by atoms with Crippen LogP contribution in [-0.2, 0) is 4.43 Å². The Kier molecular flexibility index (Phi) is 6.92. The molecule has 2 nitrogen and oxygen atoms in total. The molecule has 0 aliphatic carbocycles. The summed E-state index contributed by atoms with van der Waals surface area (Å²) < 4.78 is 8.47. The average Bonchev–Trinajstić information content (AvgIpc) is 2.22. The molecule has 17 heavy (non-hydrogen) atoms. The SMILES string of the molecule is C/C(=C\I)[C@@H](O[Si](C)(C)C(C)(C)C)[C@@H](C)CO. The normalized spacial score (nSPS) is 18.1. The van der Waals surface area contributed by atoms with E-state index in [1.54, 1.807) is 0 Å². The van der Waals surface area contributed by atoms with Crippen molar-refractivity contribution in [1.82, 2.24) is 0 Å². The van der Waals surface area contributed by atoms with E-state index in [0.29, 0.717) is 0 Å². The Hall–Kier alpha value is 0.607. The predicted octanol–water partition coefficient (Wildman–Crippen LogP) is 4.34. The van der Waals surface area contributed by atoms with Crippen LogP contribution >= 0.6 is 22.6 Å². The number of aliphatic hydroxyl groups excluding tert-OH is 1. The summed E-state index contributed by atoms with van der Waals surface area (Å²) >= 11 is 2.24. The van der Waals surface area contributed by atoms with E-state index >= 15 is 0 Å². The predicted molar refractivity (Wildman–Crippen MR) is 86.1 cm³/mol. The third-order valence-electron chi connectivity index (χ3n) is 3.65. The summed E-state index contributed by atoms with van der Waals surface area (Å²) in [4.78, 5) is 0. The molecule has 0 saturated heterocycles. The van der Waals surface area contributed by atoms with Crippen molar-refractivity contribution < 1.29 is 9.53 Å². The van der Waals surface area contributed by atoms with Crippen molar-refractivity contribution in [2.24, 2.45) is 5.92 Å². The summed E-state index contributed by atoms with van der Waals surface area (Å²) in [5, 5.41) is 9.56. The van der Waals surface area contributed by atoms with E-state index in [0.717, 1.165) is 0 Å². The first-order chi connectivity index (χ1) is 7.56. The fraction of sp³-hybridized carbons (Fsp3) is 0.846. The highest BCUT2D eigenvalue weighted by molar-refractivity contribution is 14.1. The maximum absolute atomic E-state index is 9.36. The third kappa shape index (κ3) is 5.01. The van der Waals surface area contributed by atoms with E-state index in [9.17, 15) is 5.11 Å². The lowest BCUT2D eigenvalue weighted by atomic mass is 10.0. The number of hydrogen-bond donors (Lipinski definition) is 1. The first-order valence-electron chi connectivity index (χ1n) is 6.12. The number of hydrogen-bond acceptors (Lipinski definition) is 2. The highest BCUT2D eigenvalue weighted by Crippen LogP contribution is 2.39. The van der Waals surface area contributed by atoms with Crippen molar-refractivity contribution in [2.45, 2.75) is 58.9 Å². The molecule has 0 spiro atoms.